The predicted molar refractivity (Wildman–Crippen MR) is 88.7 cm³/mol. The molecule has 1 fully saturated rings. The van der Waals surface area contributed by atoms with Crippen LogP contribution in [0.2, 0.25) is 0 Å². The van der Waals surface area contributed by atoms with Gasteiger partial charge in [0.25, 0.3) is 0 Å². The van der Waals surface area contributed by atoms with Crippen LogP contribution in [-0.2, 0) is 17.6 Å². The van der Waals surface area contributed by atoms with E-state index in [9.17, 15) is 9.18 Å². The summed E-state index contributed by atoms with van der Waals surface area (Å²) in [5, 5.41) is 4.52. The zero-order valence-corrected chi connectivity index (χ0v) is 15.3. The van der Waals surface area contributed by atoms with Crippen molar-refractivity contribution in [1.29, 1.82) is 0 Å². The number of aromatic nitrogens is 2. The van der Waals surface area contributed by atoms with Crippen LogP contribution in [0.4, 0.5) is 9.18 Å². The van der Waals surface area contributed by atoms with Gasteiger partial charge in [0.15, 0.2) is 0 Å². The average Bonchev–Trinajstić information content (AvgIpc) is 3.05. The first-order chi connectivity index (χ1) is 10.3. The van der Waals surface area contributed by atoms with Gasteiger partial charge in [-0.15, -0.1) is 0 Å². The lowest BCUT2D eigenvalue weighted by atomic mass is 10.2. The molecule has 7 heteroatoms. The molecule has 1 aliphatic carbocycles. The molecule has 0 N–H and O–H groups in total. The number of carbonyl (C=O) groups excluding carboxylic acids is 1. The molecule has 1 aromatic rings. The van der Waals surface area contributed by atoms with E-state index in [1.54, 1.807) is 0 Å². The van der Waals surface area contributed by atoms with Gasteiger partial charge in [0.2, 0.25) is 0 Å². The van der Waals surface area contributed by atoms with Gasteiger partial charge in [-0.05, 0) is 62.6 Å². The van der Waals surface area contributed by atoms with Crippen molar-refractivity contribution >= 4 is 28.7 Å². The minimum atomic E-state index is -1.10. The summed E-state index contributed by atoms with van der Waals surface area (Å²) in [7, 11) is 0. The van der Waals surface area contributed by atoms with Crippen LogP contribution in [0.15, 0.2) is 0 Å². The number of likely N-dealkylation sites (tertiary alicyclic amines) is 1. The number of nitrogens with zero attached hydrogens (tertiary/aromatic N) is 3. The van der Waals surface area contributed by atoms with E-state index in [1.807, 2.05) is 25.5 Å². The summed E-state index contributed by atoms with van der Waals surface area (Å²) in [5.74, 6) is 0. The Kier molecular flexibility index (Phi) is 4.11. The van der Waals surface area contributed by atoms with Gasteiger partial charge in [-0.25, -0.2) is 9.18 Å². The molecule has 2 heterocycles. The molecule has 0 spiro atoms. The van der Waals surface area contributed by atoms with Crippen LogP contribution in [-0.4, -0.2) is 45.6 Å². The largest absolute Gasteiger partial charge is 0.444 e. The number of amides is 1. The Morgan fingerprint density at radius 3 is 2.77 bits per heavy atom. The number of hydrogen-bond acceptors (Lipinski definition) is 3. The number of ether oxygens (including phenoxy) is 1. The molecule has 0 bridgehead atoms. The molecule has 1 aromatic heterocycles. The lowest BCUT2D eigenvalue weighted by Crippen LogP contribution is -2.35. The first-order valence-electron chi connectivity index (χ1n) is 7.64. The first-order valence-corrected chi connectivity index (χ1v) is 8.72. The second kappa shape index (κ2) is 5.65. The molecular weight excluding hydrogens is 400 g/mol. The normalized spacial score (nSPS) is 24.7. The quantitative estimate of drug-likeness (QED) is 0.655. The Labute approximate surface area is 143 Å². The van der Waals surface area contributed by atoms with Gasteiger partial charge in [0.05, 0.1) is 6.54 Å². The smallest absolute Gasteiger partial charge is 0.410 e. The van der Waals surface area contributed by atoms with Crippen LogP contribution in [0.1, 0.15) is 44.5 Å². The van der Waals surface area contributed by atoms with Crippen molar-refractivity contribution in [3.8, 4) is 0 Å². The zero-order chi connectivity index (χ0) is 16.1. The number of fused-ring (bicyclic) bond motifs is 1. The minimum absolute atomic E-state index is 0.0742. The Bertz CT molecular complexity index is 596. The summed E-state index contributed by atoms with van der Waals surface area (Å²) in [4.78, 5) is 13.6. The van der Waals surface area contributed by atoms with Gasteiger partial charge < -0.3 is 9.64 Å². The third-order valence-electron chi connectivity index (χ3n) is 4.10. The van der Waals surface area contributed by atoms with Crippen LogP contribution < -0.4 is 0 Å². The maximum Gasteiger partial charge on any atom is 0.410 e. The fourth-order valence-electron chi connectivity index (χ4n) is 3.15. The van der Waals surface area contributed by atoms with Crippen molar-refractivity contribution in [2.45, 2.75) is 57.8 Å². The molecule has 0 saturated carbocycles. The lowest BCUT2D eigenvalue weighted by molar-refractivity contribution is 0.0281. The topological polar surface area (TPSA) is 47.4 Å². The van der Waals surface area contributed by atoms with Gasteiger partial charge in [-0.1, -0.05) is 0 Å². The molecule has 1 amide bonds. The predicted octanol–water partition coefficient (Wildman–Crippen LogP) is 3.11. The van der Waals surface area contributed by atoms with Gasteiger partial charge in [0.1, 0.15) is 21.5 Å². The SMILES string of the molecule is CC(C)(C)OC(=O)N1C[C@@H](F)[C@@H](n2nc(I)c3c2CCC3)C1. The Hall–Kier alpha value is -0.860. The van der Waals surface area contributed by atoms with E-state index in [-0.39, 0.29) is 6.54 Å². The van der Waals surface area contributed by atoms with E-state index < -0.39 is 23.9 Å². The summed E-state index contributed by atoms with van der Waals surface area (Å²) in [6.45, 7) is 5.83. The average molecular weight is 421 g/mol. The molecule has 1 saturated heterocycles. The molecule has 0 radical (unpaired) electrons. The Morgan fingerprint density at radius 2 is 2.09 bits per heavy atom. The molecular formula is C15H21FIN3O2. The van der Waals surface area contributed by atoms with Crippen molar-refractivity contribution in [2.24, 2.45) is 0 Å². The van der Waals surface area contributed by atoms with Gasteiger partial charge >= 0.3 is 6.09 Å². The van der Waals surface area contributed by atoms with Crippen LogP contribution >= 0.6 is 22.6 Å². The van der Waals surface area contributed by atoms with Crippen molar-refractivity contribution in [3.63, 3.8) is 0 Å². The van der Waals surface area contributed by atoms with Crippen LogP contribution in [0.25, 0.3) is 0 Å². The highest BCUT2D eigenvalue weighted by Crippen LogP contribution is 2.33. The van der Waals surface area contributed by atoms with Crippen LogP contribution in [0, 0.1) is 3.70 Å². The van der Waals surface area contributed by atoms with E-state index in [0.717, 1.165) is 28.7 Å². The number of alkyl halides is 1. The van der Waals surface area contributed by atoms with E-state index in [4.69, 9.17) is 4.74 Å². The van der Waals surface area contributed by atoms with Crippen molar-refractivity contribution < 1.29 is 13.9 Å². The maximum absolute atomic E-state index is 14.5. The zero-order valence-electron chi connectivity index (χ0n) is 13.1. The summed E-state index contributed by atoms with van der Waals surface area (Å²) >= 11 is 2.22. The molecule has 3 rings (SSSR count). The fourth-order valence-corrected chi connectivity index (χ4v) is 3.96. The second-order valence-corrected chi connectivity index (χ2v) is 8.00. The molecule has 22 heavy (non-hydrogen) atoms. The molecule has 122 valence electrons. The third-order valence-corrected chi connectivity index (χ3v) is 4.96. The van der Waals surface area contributed by atoms with Gasteiger partial charge in [-0.3, -0.25) is 4.68 Å². The maximum atomic E-state index is 14.5. The van der Waals surface area contributed by atoms with Crippen LogP contribution in [0.3, 0.4) is 0 Å². The van der Waals surface area contributed by atoms with E-state index in [1.165, 1.54) is 10.5 Å². The summed E-state index contributed by atoms with van der Waals surface area (Å²) in [6, 6.07) is -0.400. The standard InChI is InChI=1S/C15H21FIN3O2/c1-15(2,3)22-14(21)19-7-10(16)12(8-19)20-11-6-4-5-9(11)13(17)18-20/h10,12H,4-8H2,1-3H3/t10-,12+/m1/s1. The van der Waals surface area contributed by atoms with Crippen molar-refractivity contribution in [3.05, 3.63) is 15.0 Å². The van der Waals surface area contributed by atoms with Crippen molar-refractivity contribution in [1.82, 2.24) is 14.7 Å². The molecule has 2 atom stereocenters. The number of rotatable bonds is 1. The Morgan fingerprint density at radius 1 is 1.36 bits per heavy atom. The minimum Gasteiger partial charge on any atom is -0.444 e. The van der Waals surface area contributed by atoms with Crippen LogP contribution in [0.5, 0.6) is 0 Å². The molecule has 2 aliphatic rings. The highest BCUT2D eigenvalue weighted by Gasteiger charge is 2.40. The first kappa shape index (κ1) is 16.0. The van der Waals surface area contributed by atoms with Crippen molar-refractivity contribution in [2.75, 3.05) is 13.1 Å². The highest BCUT2D eigenvalue weighted by atomic mass is 127. The Balaban J connectivity index is 1.77. The third kappa shape index (κ3) is 2.96. The molecule has 1 aliphatic heterocycles. The monoisotopic (exact) mass is 421 g/mol. The molecule has 0 aromatic carbocycles. The summed E-state index contributed by atoms with van der Waals surface area (Å²) < 4.78 is 22.6. The molecule has 0 unspecified atom stereocenters. The molecule has 5 nitrogen and oxygen atoms in total. The number of halogens is 2. The highest BCUT2D eigenvalue weighted by molar-refractivity contribution is 14.1. The lowest BCUT2D eigenvalue weighted by Gasteiger charge is -2.24. The summed E-state index contributed by atoms with van der Waals surface area (Å²) in [6.07, 6.45) is 1.51. The number of carbonyl (C=O) groups is 1. The van der Waals surface area contributed by atoms with Gasteiger partial charge in [0, 0.05) is 17.8 Å². The fraction of sp³-hybridized carbons (Fsp3) is 0.733. The summed E-state index contributed by atoms with van der Waals surface area (Å²) in [5.41, 5.74) is 1.83. The second-order valence-electron chi connectivity index (χ2n) is 6.98. The number of hydrogen-bond donors (Lipinski definition) is 0. The van der Waals surface area contributed by atoms with Gasteiger partial charge in [-0.2, -0.15) is 5.10 Å². The van der Waals surface area contributed by atoms with E-state index in [2.05, 4.69) is 27.7 Å². The van der Waals surface area contributed by atoms with E-state index in [0.29, 0.717) is 6.54 Å². The van der Waals surface area contributed by atoms with E-state index >= 15 is 0 Å².